The van der Waals surface area contributed by atoms with Crippen molar-refractivity contribution in [3.8, 4) is 11.5 Å². The minimum Gasteiger partial charge on any atom is -0.352 e. The molecule has 2 saturated heterocycles. The lowest BCUT2D eigenvalue weighted by Crippen LogP contribution is -2.53. The van der Waals surface area contributed by atoms with E-state index in [-0.39, 0.29) is 44.8 Å². The van der Waals surface area contributed by atoms with Gasteiger partial charge in [0.05, 0.1) is 41.9 Å². The Balaban J connectivity index is 1.42. The molecular formula is C34H39F4N7O3. The average Bonchev–Trinajstić information content (AvgIpc) is 3.81. The molecule has 6 atom stereocenters. The van der Waals surface area contributed by atoms with Gasteiger partial charge in [-0.25, -0.2) is 22.5 Å². The normalized spacial score (nSPS) is 22.5. The fourth-order valence-electron chi connectivity index (χ4n) is 7.04. The summed E-state index contributed by atoms with van der Waals surface area (Å²) in [5.41, 5.74) is 2.41. The van der Waals surface area contributed by atoms with Gasteiger partial charge in [0.1, 0.15) is 30.0 Å². The van der Waals surface area contributed by atoms with Crippen molar-refractivity contribution >= 4 is 40.2 Å². The topological polar surface area (TPSA) is 115 Å². The molecule has 0 radical (unpaired) electrons. The van der Waals surface area contributed by atoms with E-state index in [1.807, 2.05) is 0 Å². The van der Waals surface area contributed by atoms with Crippen molar-refractivity contribution in [3.63, 3.8) is 0 Å². The number of hydrogen-bond acceptors (Lipinski definition) is 5. The van der Waals surface area contributed by atoms with Gasteiger partial charge in [-0.1, -0.05) is 6.92 Å². The zero-order chi connectivity index (χ0) is 34.3. The number of imidazole rings is 1. The fourth-order valence-corrected chi connectivity index (χ4v) is 7.04. The first kappa shape index (κ1) is 33.4. The van der Waals surface area contributed by atoms with E-state index >= 15 is 4.39 Å². The second-order valence-electron chi connectivity index (χ2n) is 12.8. The number of halogens is 4. The van der Waals surface area contributed by atoms with E-state index in [9.17, 15) is 27.6 Å². The smallest absolute Gasteiger partial charge is 0.245 e. The second-order valence-corrected chi connectivity index (χ2v) is 12.8. The van der Waals surface area contributed by atoms with Gasteiger partial charge in [-0.2, -0.15) is 0 Å². The summed E-state index contributed by atoms with van der Waals surface area (Å²) in [7, 11) is 1.64. The van der Waals surface area contributed by atoms with Crippen LogP contribution in [0.5, 0.6) is 0 Å². The zero-order valence-electron chi connectivity index (χ0n) is 27.0. The first-order chi connectivity index (χ1) is 23.0. The standard InChI is InChI=1S/C34H39F4N7O3/c1-4-27(42-33(47)18(2)39-3)34(48)44-15-22(38)9-23(44)13-26-25-7-5-19(35)11-28(25)40-31(26)32-41-29-12-20(36)6-8-30(29)45(32)16-24-10-21(37)14-43(24)17-46/h5-8,11-12,17-18,21-24,27,39-40H,4,9-10,13-16H2,1-3H3,(H,42,47). The van der Waals surface area contributed by atoms with Gasteiger partial charge >= 0.3 is 0 Å². The number of H-pyrrole nitrogens is 1. The number of rotatable bonds is 11. The number of carbonyl (C=O) groups is 3. The molecule has 2 aliphatic rings. The molecule has 256 valence electrons. The third kappa shape index (κ3) is 6.37. The quantitative estimate of drug-likeness (QED) is 0.165. The Morgan fingerprint density at radius 3 is 2.50 bits per heavy atom. The molecule has 3 amide bonds. The molecule has 0 bridgehead atoms. The minimum atomic E-state index is -1.30. The van der Waals surface area contributed by atoms with Crippen LogP contribution >= 0.6 is 0 Å². The van der Waals surface area contributed by atoms with Gasteiger partial charge < -0.3 is 30.0 Å². The lowest BCUT2D eigenvalue weighted by atomic mass is 9.99. The van der Waals surface area contributed by atoms with E-state index in [1.54, 1.807) is 37.6 Å². The number of nitrogens with one attached hydrogen (secondary N) is 3. The van der Waals surface area contributed by atoms with Crippen LogP contribution in [-0.4, -0.2) is 99.2 Å². The molecule has 4 heterocycles. The van der Waals surface area contributed by atoms with Crippen molar-refractivity contribution in [2.75, 3.05) is 20.1 Å². The number of hydrogen-bond donors (Lipinski definition) is 3. The molecule has 2 aromatic heterocycles. The summed E-state index contributed by atoms with van der Waals surface area (Å²) in [6, 6.07) is 5.89. The van der Waals surface area contributed by atoms with Gasteiger partial charge in [0, 0.05) is 42.4 Å². The molecule has 10 nitrogen and oxygen atoms in total. The molecule has 14 heteroatoms. The number of aromatic nitrogens is 3. The maximum absolute atomic E-state index is 15.1. The molecule has 48 heavy (non-hydrogen) atoms. The van der Waals surface area contributed by atoms with Crippen molar-refractivity contribution in [1.29, 1.82) is 0 Å². The van der Waals surface area contributed by atoms with Crippen LogP contribution < -0.4 is 10.6 Å². The molecule has 2 aliphatic heterocycles. The Labute approximate surface area is 274 Å². The van der Waals surface area contributed by atoms with E-state index in [1.165, 1.54) is 34.1 Å². The molecule has 6 rings (SSSR count). The molecule has 2 aromatic carbocycles. The lowest BCUT2D eigenvalue weighted by Gasteiger charge is -2.29. The number of benzene rings is 2. The summed E-state index contributed by atoms with van der Waals surface area (Å²) in [6.45, 7) is 3.42. The van der Waals surface area contributed by atoms with Gasteiger partial charge in [0.2, 0.25) is 18.2 Å². The van der Waals surface area contributed by atoms with Crippen LogP contribution in [0.3, 0.4) is 0 Å². The van der Waals surface area contributed by atoms with Gasteiger partial charge in [-0.3, -0.25) is 14.4 Å². The van der Waals surface area contributed by atoms with Crippen molar-refractivity contribution in [1.82, 2.24) is 35.0 Å². The highest BCUT2D eigenvalue weighted by molar-refractivity contribution is 5.92. The number of alkyl halides is 2. The Morgan fingerprint density at radius 1 is 1.06 bits per heavy atom. The highest BCUT2D eigenvalue weighted by atomic mass is 19.1. The third-order valence-electron chi connectivity index (χ3n) is 9.67. The molecule has 2 fully saturated rings. The number of carbonyl (C=O) groups excluding carboxylic acids is 3. The zero-order valence-corrected chi connectivity index (χ0v) is 27.0. The number of fused-ring (bicyclic) bond motifs is 2. The van der Waals surface area contributed by atoms with Crippen LogP contribution in [0.15, 0.2) is 36.4 Å². The Morgan fingerprint density at radius 2 is 1.77 bits per heavy atom. The third-order valence-corrected chi connectivity index (χ3v) is 9.67. The van der Waals surface area contributed by atoms with Crippen LogP contribution in [0.2, 0.25) is 0 Å². The molecule has 3 N–H and O–H groups in total. The fraction of sp³-hybridized carbons (Fsp3) is 0.471. The largest absolute Gasteiger partial charge is 0.352 e. The van der Waals surface area contributed by atoms with Crippen molar-refractivity contribution in [3.05, 3.63) is 53.6 Å². The first-order valence-electron chi connectivity index (χ1n) is 16.2. The molecular weight excluding hydrogens is 630 g/mol. The van der Waals surface area contributed by atoms with Crippen molar-refractivity contribution in [2.24, 2.45) is 0 Å². The maximum Gasteiger partial charge on any atom is 0.245 e. The highest BCUT2D eigenvalue weighted by Gasteiger charge is 2.40. The summed E-state index contributed by atoms with van der Waals surface area (Å²) in [6.07, 6.45) is -1.25. The number of amides is 3. The van der Waals surface area contributed by atoms with Crippen LogP contribution in [-0.2, 0) is 27.3 Å². The molecule has 0 aliphatic carbocycles. The summed E-state index contributed by atoms with van der Waals surface area (Å²) < 4.78 is 60.3. The monoisotopic (exact) mass is 669 g/mol. The van der Waals surface area contributed by atoms with Crippen molar-refractivity contribution < 1.29 is 31.9 Å². The number of likely N-dealkylation sites (N-methyl/N-ethyl adjacent to an activating group) is 1. The van der Waals surface area contributed by atoms with Gasteiger partial charge in [-0.05, 0) is 62.7 Å². The van der Waals surface area contributed by atoms with E-state index in [0.29, 0.717) is 51.8 Å². The SMILES string of the molecule is CCC(NC(=O)C(C)NC)C(=O)N1CC(F)CC1Cc1c(-c2nc3cc(F)ccc3n2CC2CC(F)CN2C=O)[nH]c2cc(F)ccc12. The predicted molar refractivity (Wildman–Crippen MR) is 172 cm³/mol. The number of aromatic amines is 1. The maximum atomic E-state index is 15.1. The van der Waals surface area contributed by atoms with Crippen LogP contribution in [0.25, 0.3) is 33.5 Å². The predicted octanol–water partition coefficient (Wildman–Crippen LogP) is 4.02. The average molecular weight is 670 g/mol. The van der Waals surface area contributed by atoms with Crippen molar-refractivity contribution in [2.45, 2.75) is 82.6 Å². The van der Waals surface area contributed by atoms with E-state index in [0.717, 1.165) is 0 Å². The molecule has 6 unspecified atom stereocenters. The van der Waals surface area contributed by atoms with Crippen LogP contribution in [0.4, 0.5) is 17.6 Å². The summed E-state index contributed by atoms with van der Waals surface area (Å²) in [5.74, 6) is -1.39. The lowest BCUT2D eigenvalue weighted by molar-refractivity contribution is -0.137. The highest BCUT2D eigenvalue weighted by Crippen LogP contribution is 2.37. The summed E-state index contributed by atoms with van der Waals surface area (Å²) in [5, 5.41) is 6.25. The molecule has 0 spiro atoms. The number of nitrogens with zero attached hydrogens (tertiary/aromatic N) is 4. The van der Waals surface area contributed by atoms with Gasteiger partial charge in [0.15, 0.2) is 5.82 Å². The summed E-state index contributed by atoms with van der Waals surface area (Å²) in [4.78, 5) is 49.1. The minimum absolute atomic E-state index is 0.0370. The van der Waals surface area contributed by atoms with Gasteiger partial charge in [-0.15, -0.1) is 0 Å². The summed E-state index contributed by atoms with van der Waals surface area (Å²) >= 11 is 0. The Kier molecular flexibility index (Phi) is 9.46. The van der Waals surface area contributed by atoms with E-state index in [4.69, 9.17) is 4.98 Å². The Hall–Kier alpha value is -4.46. The first-order valence-corrected chi connectivity index (χ1v) is 16.2. The van der Waals surface area contributed by atoms with Gasteiger partial charge in [0.25, 0.3) is 0 Å². The Bertz CT molecular complexity index is 1840. The number of likely N-dealkylation sites (tertiary alicyclic amines) is 2. The molecule has 4 aromatic rings. The van der Waals surface area contributed by atoms with Crippen LogP contribution in [0, 0.1) is 11.6 Å². The van der Waals surface area contributed by atoms with Crippen LogP contribution in [0.1, 0.15) is 38.7 Å². The van der Waals surface area contributed by atoms with E-state index < -0.39 is 54.1 Å². The van der Waals surface area contributed by atoms with E-state index in [2.05, 4.69) is 15.6 Å². The molecule has 0 saturated carbocycles. The second kappa shape index (κ2) is 13.6.